The van der Waals surface area contributed by atoms with Gasteiger partial charge in [-0.05, 0) is 42.5 Å². The number of sulfonamides is 1. The highest BCUT2D eigenvalue weighted by molar-refractivity contribution is 7.92. The molecule has 0 spiro atoms. The molecular formula is C14H11Cl2FN2O3S. The predicted octanol–water partition coefficient (Wildman–Crippen LogP) is 2.81. The summed E-state index contributed by atoms with van der Waals surface area (Å²) in [5.74, 6) is -1.47. The molecule has 9 heteroatoms. The molecule has 0 unspecified atom stereocenters. The van der Waals surface area contributed by atoms with Gasteiger partial charge in [0, 0.05) is 5.02 Å². The third-order valence-corrected chi connectivity index (χ3v) is 5.21. The molecule has 0 heterocycles. The van der Waals surface area contributed by atoms with E-state index in [0.29, 0.717) is 0 Å². The molecule has 2 aromatic carbocycles. The number of primary amides is 1. The summed E-state index contributed by atoms with van der Waals surface area (Å²) in [6.45, 7) is -0.639. The number of halogens is 3. The molecule has 0 aliphatic heterocycles. The van der Waals surface area contributed by atoms with E-state index in [0.717, 1.165) is 28.6 Å². The molecule has 0 radical (unpaired) electrons. The quantitative estimate of drug-likeness (QED) is 0.870. The van der Waals surface area contributed by atoms with Gasteiger partial charge in [-0.3, -0.25) is 9.10 Å². The molecule has 23 heavy (non-hydrogen) atoms. The van der Waals surface area contributed by atoms with Gasteiger partial charge >= 0.3 is 0 Å². The molecule has 0 aliphatic carbocycles. The maximum Gasteiger partial charge on any atom is 0.264 e. The Morgan fingerprint density at radius 2 is 1.74 bits per heavy atom. The van der Waals surface area contributed by atoms with Gasteiger partial charge in [0.05, 0.1) is 15.6 Å². The van der Waals surface area contributed by atoms with Gasteiger partial charge in [-0.25, -0.2) is 12.8 Å². The summed E-state index contributed by atoms with van der Waals surface area (Å²) in [5, 5.41) is 0.300. The standard InChI is InChI=1S/C14H11Cl2FN2O3S/c15-9-1-6-12(16)13(7-9)19(8-14(18)20)23(21,22)11-4-2-10(17)3-5-11/h1-7H,8H2,(H2,18,20). The summed E-state index contributed by atoms with van der Waals surface area (Å²) >= 11 is 11.9. The van der Waals surface area contributed by atoms with Gasteiger partial charge in [-0.1, -0.05) is 23.2 Å². The molecule has 0 fully saturated rings. The SMILES string of the molecule is NC(=O)CN(c1cc(Cl)ccc1Cl)S(=O)(=O)c1ccc(F)cc1. The number of anilines is 1. The van der Waals surface area contributed by atoms with Crippen LogP contribution in [0.2, 0.25) is 10.0 Å². The van der Waals surface area contributed by atoms with E-state index in [4.69, 9.17) is 28.9 Å². The topological polar surface area (TPSA) is 80.5 Å². The van der Waals surface area contributed by atoms with Crippen molar-refractivity contribution < 1.29 is 17.6 Å². The van der Waals surface area contributed by atoms with Crippen molar-refractivity contribution in [3.8, 4) is 0 Å². The molecule has 2 rings (SSSR count). The van der Waals surface area contributed by atoms with Crippen LogP contribution >= 0.6 is 23.2 Å². The Labute approximate surface area is 142 Å². The highest BCUT2D eigenvalue weighted by Gasteiger charge is 2.28. The first kappa shape index (κ1) is 17.5. The van der Waals surface area contributed by atoms with Gasteiger partial charge < -0.3 is 5.73 Å². The Bertz CT molecular complexity index is 842. The molecule has 0 atom stereocenters. The van der Waals surface area contributed by atoms with E-state index < -0.39 is 28.3 Å². The van der Waals surface area contributed by atoms with E-state index in [2.05, 4.69) is 0 Å². The number of nitrogens with two attached hydrogens (primary N) is 1. The number of amides is 1. The van der Waals surface area contributed by atoms with E-state index in [9.17, 15) is 17.6 Å². The monoisotopic (exact) mass is 376 g/mol. The second-order valence-electron chi connectivity index (χ2n) is 4.53. The third-order valence-electron chi connectivity index (χ3n) is 2.88. The number of benzene rings is 2. The average Bonchev–Trinajstić information content (AvgIpc) is 2.47. The molecule has 2 aromatic rings. The lowest BCUT2D eigenvalue weighted by atomic mass is 10.3. The van der Waals surface area contributed by atoms with Crippen LogP contribution in [0, 0.1) is 5.82 Å². The van der Waals surface area contributed by atoms with Crippen molar-refractivity contribution in [2.24, 2.45) is 5.73 Å². The van der Waals surface area contributed by atoms with Crippen molar-refractivity contribution in [1.29, 1.82) is 0 Å². The lowest BCUT2D eigenvalue weighted by molar-refractivity contribution is -0.116. The van der Waals surface area contributed by atoms with E-state index in [1.54, 1.807) is 0 Å². The summed E-state index contributed by atoms with van der Waals surface area (Å²) in [6, 6.07) is 8.32. The van der Waals surface area contributed by atoms with Crippen LogP contribution in [-0.2, 0) is 14.8 Å². The minimum Gasteiger partial charge on any atom is -0.368 e. The van der Waals surface area contributed by atoms with E-state index in [-0.39, 0.29) is 20.6 Å². The Balaban J connectivity index is 2.60. The fourth-order valence-electron chi connectivity index (χ4n) is 1.85. The smallest absolute Gasteiger partial charge is 0.264 e. The van der Waals surface area contributed by atoms with Gasteiger partial charge in [-0.2, -0.15) is 0 Å². The van der Waals surface area contributed by atoms with Gasteiger partial charge in [0.25, 0.3) is 10.0 Å². The number of carbonyl (C=O) groups is 1. The number of nitrogens with zero attached hydrogens (tertiary/aromatic N) is 1. The Morgan fingerprint density at radius 1 is 1.13 bits per heavy atom. The highest BCUT2D eigenvalue weighted by atomic mass is 35.5. The van der Waals surface area contributed by atoms with E-state index in [1.165, 1.54) is 18.2 Å². The molecule has 0 bridgehead atoms. The van der Waals surface area contributed by atoms with Crippen LogP contribution in [0.5, 0.6) is 0 Å². The van der Waals surface area contributed by atoms with Gasteiger partial charge in [0.2, 0.25) is 5.91 Å². The van der Waals surface area contributed by atoms with Crippen LogP contribution in [0.15, 0.2) is 47.4 Å². The minimum atomic E-state index is -4.18. The Morgan fingerprint density at radius 3 is 2.30 bits per heavy atom. The Hall–Kier alpha value is -1.83. The highest BCUT2D eigenvalue weighted by Crippen LogP contribution is 2.32. The summed E-state index contributed by atoms with van der Waals surface area (Å²) in [6.07, 6.45) is 0. The molecule has 122 valence electrons. The van der Waals surface area contributed by atoms with Crippen LogP contribution in [-0.4, -0.2) is 20.9 Å². The zero-order chi connectivity index (χ0) is 17.2. The van der Waals surface area contributed by atoms with Crippen molar-refractivity contribution in [1.82, 2.24) is 0 Å². The Kier molecular flexibility index (Phi) is 5.13. The first-order valence-corrected chi connectivity index (χ1v) is 8.43. The number of carbonyl (C=O) groups excluding carboxylic acids is 1. The first-order valence-electron chi connectivity index (χ1n) is 6.23. The average molecular weight is 377 g/mol. The summed E-state index contributed by atoms with van der Waals surface area (Å²) in [4.78, 5) is 11.1. The molecule has 1 amide bonds. The normalized spacial score (nSPS) is 11.3. The molecule has 0 saturated heterocycles. The maximum absolute atomic E-state index is 13.0. The zero-order valence-corrected chi connectivity index (χ0v) is 13.9. The fraction of sp³-hybridized carbons (Fsp3) is 0.0714. The maximum atomic E-state index is 13.0. The second-order valence-corrected chi connectivity index (χ2v) is 7.23. The minimum absolute atomic E-state index is 0.00212. The van der Waals surface area contributed by atoms with E-state index >= 15 is 0 Å². The lowest BCUT2D eigenvalue weighted by Crippen LogP contribution is -2.38. The largest absolute Gasteiger partial charge is 0.368 e. The molecule has 5 nitrogen and oxygen atoms in total. The van der Waals surface area contributed by atoms with Crippen LogP contribution in [0.25, 0.3) is 0 Å². The second kappa shape index (κ2) is 6.74. The van der Waals surface area contributed by atoms with Crippen LogP contribution < -0.4 is 10.0 Å². The molecular weight excluding hydrogens is 366 g/mol. The van der Waals surface area contributed by atoms with Crippen molar-refractivity contribution in [3.05, 3.63) is 58.3 Å². The van der Waals surface area contributed by atoms with Crippen LogP contribution in [0.4, 0.5) is 10.1 Å². The van der Waals surface area contributed by atoms with Crippen molar-refractivity contribution >= 4 is 44.8 Å². The summed E-state index contributed by atoms with van der Waals surface area (Å²) in [7, 11) is -4.18. The predicted molar refractivity (Wildman–Crippen MR) is 86.6 cm³/mol. The van der Waals surface area contributed by atoms with E-state index in [1.807, 2.05) is 0 Å². The van der Waals surface area contributed by atoms with Crippen LogP contribution in [0.1, 0.15) is 0 Å². The number of hydrogen-bond donors (Lipinski definition) is 1. The fourth-order valence-corrected chi connectivity index (χ4v) is 3.73. The zero-order valence-electron chi connectivity index (χ0n) is 11.5. The van der Waals surface area contributed by atoms with Gasteiger partial charge in [-0.15, -0.1) is 0 Å². The van der Waals surface area contributed by atoms with Crippen molar-refractivity contribution in [2.75, 3.05) is 10.8 Å². The molecule has 2 N–H and O–H groups in total. The molecule has 0 aromatic heterocycles. The van der Waals surface area contributed by atoms with Crippen LogP contribution in [0.3, 0.4) is 0 Å². The van der Waals surface area contributed by atoms with Crippen molar-refractivity contribution in [3.63, 3.8) is 0 Å². The summed E-state index contributed by atoms with van der Waals surface area (Å²) in [5.41, 5.74) is 5.14. The molecule has 0 aliphatic rings. The van der Waals surface area contributed by atoms with Crippen molar-refractivity contribution in [2.45, 2.75) is 4.90 Å². The third kappa shape index (κ3) is 3.93. The van der Waals surface area contributed by atoms with Gasteiger partial charge in [0.15, 0.2) is 0 Å². The number of hydrogen-bond acceptors (Lipinski definition) is 3. The lowest BCUT2D eigenvalue weighted by Gasteiger charge is -2.24. The first-order chi connectivity index (χ1) is 10.7. The molecule has 0 saturated carbocycles. The number of rotatable bonds is 5. The van der Waals surface area contributed by atoms with Gasteiger partial charge in [0.1, 0.15) is 12.4 Å². The summed E-state index contributed by atoms with van der Waals surface area (Å²) < 4.78 is 39.2.